The maximum Gasteiger partial charge on any atom is 0.339 e. The second-order valence-corrected chi connectivity index (χ2v) is 7.48. The molecule has 2 aliphatic rings. The number of nitro benzene ring substituents is 1. The number of benzene rings is 1. The van der Waals surface area contributed by atoms with E-state index in [0.29, 0.717) is 11.6 Å². The molecule has 0 spiro atoms. The molecule has 1 saturated carbocycles. The number of carbonyl (C=O) groups is 2. The third kappa shape index (κ3) is 4.75. The Balaban J connectivity index is 1.73. The fourth-order valence-electron chi connectivity index (χ4n) is 3.30. The van der Waals surface area contributed by atoms with Gasteiger partial charge in [0.25, 0.3) is 11.6 Å². The summed E-state index contributed by atoms with van der Waals surface area (Å²) >= 11 is 0. The molecule has 2 atom stereocenters. The van der Waals surface area contributed by atoms with Crippen LogP contribution in [0.3, 0.4) is 0 Å². The number of anilines is 1. The van der Waals surface area contributed by atoms with E-state index in [1.807, 2.05) is 4.90 Å². The van der Waals surface area contributed by atoms with Crippen LogP contribution in [0.4, 0.5) is 11.4 Å². The molecular formula is C19H25N3O5. The zero-order valence-corrected chi connectivity index (χ0v) is 15.6. The number of carbonyl (C=O) groups excluding carboxylic acids is 2. The normalized spacial score (nSPS) is 20.7. The summed E-state index contributed by atoms with van der Waals surface area (Å²) in [5, 5.41) is 14.3. The summed E-state index contributed by atoms with van der Waals surface area (Å²) in [6.07, 6.45) is 3.02. The second kappa shape index (κ2) is 7.94. The lowest BCUT2D eigenvalue weighted by Gasteiger charge is -2.32. The van der Waals surface area contributed by atoms with E-state index in [-0.39, 0.29) is 23.2 Å². The average molecular weight is 375 g/mol. The topological polar surface area (TPSA) is 102 Å². The Kier molecular flexibility index (Phi) is 5.62. The molecule has 27 heavy (non-hydrogen) atoms. The minimum absolute atomic E-state index is 0.0709. The van der Waals surface area contributed by atoms with Crippen molar-refractivity contribution in [3.63, 3.8) is 0 Å². The Morgan fingerprint density at radius 3 is 2.70 bits per heavy atom. The van der Waals surface area contributed by atoms with Crippen LogP contribution in [0.2, 0.25) is 0 Å². The van der Waals surface area contributed by atoms with Crippen molar-refractivity contribution < 1.29 is 19.2 Å². The van der Waals surface area contributed by atoms with Gasteiger partial charge in [0, 0.05) is 25.2 Å². The van der Waals surface area contributed by atoms with Crippen LogP contribution in [0.15, 0.2) is 18.2 Å². The number of rotatable bonds is 6. The lowest BCUT2D eigenvalue weighted by molar-refractivity contribution is -0.384. The van der Waals surface area contributed by atoms with Crippen molar-refractivity contribution in [1.82, 2.24) is 5.32 Å². The highest BCUT2D eigenvalue weighted by molar-refractivity contribution is 5.93. The van der Waals surface area contributed by atoms with Crippen LogP contribution < -0.4 is 10.2 Å². The molecule has 2 fully saturated rings. The lowest BCUT2D eigenvalue weighted by Crippen LogP contribution is -2.37. The lowest BCUT2D eigenvalue weighted by atomic mass is 9.99. The third-order valence-electron chi connectivity index (χ3n) is 4.98. The first-order valence-corrected chi connectivity index (χ1v) is 9.40. The number of hydrogen-bond donors (Lipinski definition) is 1. The molecule has 1 saturated heterocycles. The summed E-state index contributed by atoms with van der Waals surface area (Å²) < 4.78 is 5.18. The van der Waals surface area contributed by atoms with Gasteiger partial charge in [0.15, 0.2) is 6.10 Å². The Bertz CT molecular complexity index is 747. The van der Waals surface area contributed by atoms with Gasteiger partial charge in [0.05, 0.1) is 10.5 Å². The van der Waals surface area contributed by atoms with Gasteiger partial charge in [-0.2, -0.15) is 0 Å². The molecule has 8 nitrogen and oxygen atoms in total. The number of nitrogens with one attached hydrogen (secondary N) is 1. The number of piperidine rings is 1. The standard InChI is InChI=1S/C19H25N3O5/c1-12-4-3-9-21(11-12)16-8-5-14(10-17(16)22(25)26)19(24)27-13(2)18(23)20-15-6-7-15/h5,8,10,12-13,15H,3-4,6-7,9,11H2,1-2H3,(H,20,23)/t12-,13-/m0/s1. The van der Waals surface area contributed by atoms with Crippen molar-refractivity contribution in [1.29, 1.82) is 0 Å². The Morgan fingerprint density at radius 2 is 2.07 bits per heavy atom. The molecular weight excluding hydrogens is 350 g/mol. The molecule has 1 N–H and O–H groups in total. The largest absolute Gasteiger partial charge is 0.449 e. The molecule has 1 aliphatic carbocycles. The molecule has 3 rings (SSSR count). The summed E-state index contributed by atoms with van der Waals surface area (Å²) in [5.41, 5.74) is 0.470. The molecule has 1 aromatic carbocycles. The minimum Gasteiger partial charge on any atom is -0.449 e. The third-order valence-corrected chi connectivity index (χ3v) is 4.98. The van der Waals surface area contributed by atoms with E-state index in [4.69, 9.17) is 4.74 Å². The number of ether oxygens (including phenoxy) is 1. The molecule has 1 heterocycles. The monoisotopic (exact) mass is 375 g/mol. The quantitative estimate of drug-likeness (QED) is 0.466. The van der Waals surface area contributed by atoms with Crippen molar-refractivity contribution in [2.45, 2.75) is 51.7 Å². The first kappa shape index (κ1) is 19.1. The van der Waals surface area contributed by atoms with E-state index in [1.54, 1.807) is 6.07 Å². The molecule has 0 unspecified atom stereocenters. The zero-order chi connectivity index (χ0) is 19.6. The van der Waals surface area contributed by atoms with Gasteiger partial charge in [0.1, 0.15) is 5.69 Å². The molecule has 0 aromatic heterocycles. The van der Waals surface area contributed by atoms with E-state index in [9.17, 15) is 19.7 Å². The van der Waals surface area contributed by atoms with Crippen molar-refractivity contribution in [3.05, 3.63) is 33.9 Å². The minimum atomic E-state index is -0.945. The van der Waals surface area contributed by atoms with Crippen LogP contribution in [-0.4, -0.2) is 42.0 Å². The fourth-order valence-corrected chi connectivity index (χ4v) is 3.30. The Morgan fingerprint density at radius 1 is 1.33 bits per heavy atom. The summed E-state index contributed by atoms with van der Waals surface area (Å²) in [4.78, 5) is 37.3. The number of hydrogen-bond acceptors (Lipinski definition) is 6. The van der Waals surface area contributed by atoms with Crippen LogP contribution >= 0.6 is 0 Å². The van der Waals surface area contributed by atoms with E-state index in [1.165, 1.54) is 19.1 Å². The summed E-state index contributed by atoms with van der Waals surface area (Å²) in [6, 6.07) is 4.53. The molecule has 146 valence electrons. The van der Waals surface area contributed by atoms with Crippen LogP contribution in [0, 0.1) is 16.0 Å². The highest BCUT2D eigenvalue weighted by Gasteiger charge is 2.29. The van der Waals surface area contributed by atoms with Crippen LogP contribution in [0.25, 0.3) is 0 Å². The number of nitrogens with zero attached hydrogens (tertiary/aromatic N) is 2. The van der Waals surface area contributed by atoms with Crippen molar-refractivity contribution >= 4 is 23.3 Å². The van der Waals surface area contributed by atoms with Crippen molar-refractivity contribution in [2.24, 2.45) is 5.92 Å². The molecule has 1 aliphatic heterocycles. The summed E-state index contributed by atoms with van der Waals surface area (Å²) in [5.74, 6) is -0.622. The predicted octanol–water partition coefficient (Wildman–Crippen LogP) is 2.66. The maximum atomic E-state index is 12.3. The second-order valence-electron chi connectivity index (χ2n) is 7.48. The molecule has 0 bridgehead atoms. The predicted molar refractivity (Wildman–Crippen MR) is 99.7 cm³/mol. The first-order chi connectivity index (χ1) is 12.8. The average Bonchev–Trinajstić information content (AvgIpc) is 3.45. The fraction of sp³-hybridized carbons (Fsp3) is 0.579. The van der Waals surface area contributed by atoms with E-state index in [2.05, 4.69) is 12.2 Å². The summed E-state index contributed by atoms with van der Waals surface area (Å²) in [6.45, 7) is 5.13. The number of esters is 1. The smallest absolute Gasteiger partial charge is 0.339 e. The van der Waals surface area contributed by atoms with Crippen LogP contribution in [0.1, 0.15) is 49.9 Å². The number of nitro groups is 1. The van der Waals surface area contributed by atoms with Crippen LogP contribution in [-0.2, 0) is 9.53 Å². The van der Waals surface area contributed by atoms with Gasteiger partial charge >= 0.3 is 5.97 Å². The van der Waals surface area contributed by atoms with Gasteiger partial charge in [-0.1, -0.05) is 6.92 Å². The molecule has 1 aromatic rings. The summed E-state index contributed by atoms with van der Waals surface area (Å²) in [7, 11) is 0. The Hall–Kier alpha value is -2.64. The highest BCUT2D eigenvalue weighted by atomic mass is 16.6. The van der Waals surface area contributed by atoms with Gasteiger partial charge in [-0.25, -0.2) is 4.79 Å². The maximum absolute atomic E-state index is 12.3. The van der Waals surface area contributed by atoms with Gasteiger partial charge < -0.3 is 15.0 Å². The highest BCUT2D eigenvalue weighted by Crippen LogP contribution is 2.32. The van der Waals surface area contributed by atoms with Crippen molar-refractivity contribution in [2.75, 3.05) is 18.0 Å². The van der Waals surface area contributed by atoms with Gasteiger partial charge in [-0.15, -0.1) is 0 Å². The van der Waals surface area contributed by atoms with Crippen LogP contribution in [0.5, 0.6) is 0 Å². The zero-order valence-electron chi connectivity index (χ0n) is 15.6. The molecule has 1 amide bonds. The van der Waals surface area contributed by atoms with Gasteiger partial charge in [-0.3, -0.25) is 14.9 Å². The number of amides is 1. The molecule has 8 heteroatoms. The Labute approximate surface area is 158 Å². The van der Waals surface area contributed by atoms with E-state index < -0.39 is 17.0 Å². The van der Waals surface area contributed by atoms with E-state index >= 15 is 0 Å². The van der Waals surface area contributed by atoms with Crippen molar-refractivity contribution in [3.8, 4) is 0 Å². The molecule has 0 radical (unpaired) electrons. The van der Waals surface area contributed by atoms with Gasteiger partial charge in [0.2, 0.25) is 0 Å². The first-order valence-electron chi connectivity index (χ1n) is 9.40. The van der Waals surface area contributed by atoms with Gasteiger partial charge in [-0.05, 0) is 50.7 Å². The SMILES string of the molecule is C[C@H]1CCCN(c2ccc(C(=O)O[C@@H](C)C(=O)NC3CC3)cc2[N+](=O)[O-])C1. The van der Waals surface area contributed by atoms with E-state index in [0.717, 1.165) is 38.8 Å².